The Hall–Kier alpha value is -2.63. The molecule has 0 aliphatic carbocycles. The predicted molar refractivity (Wildman–Crippen MR) is 105 cm³/mol. The molecule has 138 valence electrons. The Morgan fingerprint density at radius 2 is 1.89 bits per heavy atom. The van der Waals surface area contributed by atoms with Crippen molar-refractivity contribution >= 4 is 17.5 Å². The second kappa shape index (κ2) is 7.55. The van der Waals surface area contributed by atoms with Crippen molar-refractivity contribution in [3.63, 3.8) is 0 Å². The molecule has 1 aromatic heterocycles. The van der Waals surface area contributed by atoms with Gasteiger partial charge >= 0.3 is 0 Å². The third-order valence-electron chi connectivity index (χ3n) is 4.60. The van der Waals surface area contributed by atoms with Gasteiger partial charge in [0.15, 0.2) is 0 Å². The number of amides is 1. The summed E-state index contributed by atoms with van der Waals surface area (Å²) in [5, 5.41) is 5.38. The number of rotatable bonds is 3. The topological polar surface area (TPSA) is 47.4 Å². The first-order valence-electron chi connectivity index (χ1n) is 8.94. The molecule has 5 nitrogen and oxygen atoms in total. The van der Waals surface area contributed by atoms with Crippen LogP contribution in [0.2, 0.25) is 5.02 Å². The van der Waals surface area contributed by atoms with E-state index in [9.17, 15) is 4.79 Å². The van der Waals surface area contributed by atoms with Gasteiger partial charge in [0.05, 0.1) is 24.1 Å². The molecule has 0 radical (unpaired) electrons. The van der Waals surface area contributed by atoms with Crippen LogP contribution in [0.25, 0.3) is 16.9 Å². The van der Waals surface area contributed by atoms with E-state index >= 15 is 0 Å². The van der Waals surface area contributed by atoms with Crippen molar-refractivity contribution < 1.29 is 9.53 Å². The molecule has 1 saturated heterocycles. The number of carbonyl (C=O) groups is 1. The molecule has 3 aromatic rings. The molecule has 6 heteroatoms. The summed E-state index contributed by atoms with van der Waals surface area (Å²) >= 11 is 6.00. The molecule has 1 amide bonds. The summed E-state index contributed by atoms with van der Waals surface area (Å²) in [7, 11) is 0. The molecule has 1 atom stereocenters. The molecule has 0 bridgehead atoms. The quantitative estimate of drug-likeness (QED) is 0.687. The molecule has 0 spiro atoms. The third kappa shape index (κ3) is 3.75. The largest absolute Gasteiger partial charge is 0.375 e. The Morgan fingerprint density at radius 1 is 1.15 bits per heavy atom. The van der Waals surface area contributed by atoms with E-state index in [1.807, 2.05) is 72.5 Å². The number of morpholine rings is 1. The van der Waals surface area contributed by atoms with Crippen molar-refractivity contribution in [2.24, 2.45) is 0 Å². The lowest BCUT2D eigenvalue weighted by atomic mass is 10.1. The molecule has 1 aliphatic heterocycles. The van der Waals surface area contributed by atoms with Crippen molar-refractivity contribution in [1.82, 2.24) is 14.7 Å². The maximum atomic E-state index is 13.2. The number of nitrogens with zero attached hydrogens (tertiary/aromatic N) is 3. The van der Waals surface area contributed by atoms with E-state index in [-0.39, 0.29) is 12.0 Å². The minimum absolute atomic E-state index is 0.0338. The summed E-state index contributed by atoms with van der Waals surface area (Å²) in [5.41, 5.74) is 3.04. The number of halogens is 1. The third-order valence-corrected chi connectivity index (χ3v) is 4.85. The van der Waals surface area contributed by atoms with Gasteiger partial charge in [-0.05, 0) is 37.3 Å². The Labute approximate surface area is 163 Å². The molecule has 4 rings (SSSR count). The smallest absolute Gasteiger partial charge is 0.272 e. The van der Waals surface area contributed by atoms with E-state index in [1.165, 1.54) is 0 Å². The van der Waals surface area contributed by atoms with Crippen molar-refractivity contribution in [3.05, 3.63) is 71.4 Å². The molecule has 2 heterocycles. The van der Waals surface area contributed by atoms with Crippen molar-refractivity contribution in [3.8, 4) is 16.9 Å². The zero-order valence-corrected chi connectivity index (χ0v) is 15.8. The molecule has 27 heavy (non-hydrogen) atoms. The highest BCUT2D eigenvalue weighted by molar-refractivity contribution is 6.30. The second-order valence-electron chi connectivity index (χ2n) is 6.60. The average Bonchev–Trinajstić information content (AvgIpc) is 3.14. The van der Waals surface area contributed by atoms with E-state index < -0.39 is 0 Å². The first kappa shape index (κ1) is 17.8. The van der Waals surface area contributed by atoms with Crippen LogP contribution in [0.1, 0.15) is 17.4 Å². The van der Waals surface area contributed by atoms with Crippen molar-refractivity contribution in [2.75, 3.05) is 19.7 Å². The molecule has 0 saturated carbocycles. The molecule has 2 aromatic carbocycles. The van der Waals surface area contributed by atoms with E-state index in [0.29, 0.717) is 30.4 Å². The first-order chi connectivity index (χ1) is 13.1. The Morgan fingerprint density at radius 3 is 2.59 bits per heavy atom. The maximum Gasteiger partial charge on any atom is 0.272 e. The second-order valence-corrected chi connectivity index (χ2v) is 7.04. The van der Waals surface area contributed by atoms with Gasteiger partial charge in [0.2, 0.25) is 0 Å². The van der Waals surface area contributed by atoms with Gasteiger partial charge in [-0.25, -0.2) is 4.68 Å². The fourth-order valence-corrected chi connectivity index (χ4v) is 3.35. The van der Waals surface area contributed by atoms with Crippen LogP contribution in [-0.4, -0.2) is 46.4 Å². The zero-order chi connectivity index (χ0) is 18.8. The number of hydrogen-bond acceptors (Lipinski definition) is 3. The Kier molecular flexibility index (Phi) is 4.97. The number of benzene rings is 2. The van der Waals surface area contributed by atoms with Crippen LogP contribution >= 0.6 is 11.6 Å². The summed E-state index contributed by atoms with van der Waals surface area (Å²) in [6.45, 7) is 3.69. The fourth-order valence-electron chi connectivity index (χ4n) is 3.23. The van der Waals surface area contributed by atoms with Gasteiger partial charge in [-0.1, -0.05) is 41.9 Å². The van der Waals surface area contributed by atoms with Crippen molar-refractivity contribution in [2.45, 2.75) is 13.0 Å². The van der Waals surface area contributed by atoms with Crippen molar-refractivity contribution in [1.29, 1.82) is 0 Å². The highest BCUT2D eigenvalue weighted by Crippen LogP contribution is 2.24. The normalized spacial score (nSPS) is 17.1. The highest BCUT2D eigenvalue weighted by Gasteiger charge is 2.26. The van der Waals surface area contributed by atoms with Gasteiger partial charge in [-0.2, -0.15) is 5.10 Å². The molecule has 1 aliphatic rings. The summed E-state index contributed by atoms with van der Waals surface area (Å²) in [6.07, 6.45) is 0.0338. The van der Waals surface area contributed by atoms with Gasteiger partial charge < -0.3 is 9.64 Å². The molecular formula is C21H20ClN3O2. The zero-order valence-electron chi connectivity index (χ0n) is 15.0. The predicted octanol–water partition coefficient (Wildman–Crippen LogP) is 4.05. The molecule has 0 N–H and O–H groups in total. The first-order valence-corrected chi connectivity index (χ1v) is 9.32. The summed E-state index contributed by atoms with van der Waals surface area (Å²) in [4.78, 5) is 15.1. The lowest BCUT2D eigenvalue weighted by Gasteiger charge is -2.31. The average molecular weight is 382 g/mol. The van der Waals surface area contributed by atoms with E-state index in [4.69, 9.17) is 21.4 Å². The number of para-hydroxylation sites is 1. The van der Waals surface area contributed by atoms with Gasteiger partial charge in [-0.15, -0.1) is 0 Å². The fraction of sp³-hybridized carbons (Fsp3) is 0.238. The van der Waals surface area contributed by atoms with Crippen LogP contribution in [0.15, 0.2) is 60.7 Å². The molecule has 1 unspecified atom stereocenters. The van der Waals surface area contributed by atoms with Crippen LogP contribution in [0.3, 0.4) is 0 Å². The lowest BCUT2D eigenvalue weighted by molar-refractivity contribution is -0.0127. The van der Waals surface area contributed by atoms with E-state index in [0.717, 1.165) is 16.9 Å². The standard InChI is InChI=1S/C21H20ClN3O2/c1-15-14-24(11-12-27-15)21(26)20-13-19(16-7-9-17(22)10-8-16)23-25(20)18-5-3-2-4-6-18/h2-10,13,15H,11-12,14H2,1H3. The van der Waals surface area contributed by atoms with Gasteiger partial charge in [0, 0.05) is 23.7 Å². The van der Waals surface area contributed by atoms with E-state index in [1.54, 1.807) is 4.68 Å². The van der Waals surface area contributed by atoms with Crippen LogP contribution in [-0.2, 0) is 4.74 Å². The van der Waals surface area contributed by atoms with Crippen LogP contribution in [0.5, 0.6) is 0 Å². The highest BCUT2D eigenvalue weighted by atomic mass is 35.5. The SMILES string of the molecule is CC1CN(C(=O)c2cc(-c3ccc(Cl)cc3)nn2-c2ccccc2)CCO1. The summed E-state index contributed by atoms with van der Waals surface area (Å²) < 4.78 is 7.28. The number of aromatic nitrogens is 2. The van der Waals surface area contributed by atoms with Gasteiger partial charge in [0.25, 0.3) is 5.91 Å². The monoisotopic (exact) mass is 381 g/mol. The number of hydrogen-bond donors (Lipinski definition) is 0. The van der Waals surface area contributed by atoms with Crippen LogP contribution in [0.4, 0.5) is 0 Å². The summed E-state index contributed by atoms with van der Waals surface area (Å²) in [5.74, 6) is -0.0401. The minimum Gasteiger partial charge on any atom is -0.375 e. The van der Waals surface area contributed by atoms with Crippen LogP contribution in [0, 0.1) is 0 Å². The molecule has 1 fully saturated rings. The Balaban J connectivity index is 1.76. The maximum absolute atomic E-state index is 13.2. The number of ether oxygens (including phenoxy) is 1. The number of carbonyl (C=O) groups excluding carboxylic acids is 1. The van der Waals surface area contributed by atoms with Gasteiger partial charge in [0.1, 0.15) is 5.69 Å². The summed E-state index contributed by atoms with van der Waals surface area (Å²) in [6, 6.07) is 19.0. The van der Waals surface area contributed by atoms with E-state index in [2.05, 4.69) is 0 Å². The molecular weight excluding hydrogens is 362 g/mol. The lowest BCUT2D eigenvalue weighted by Crippen LogP contribution is -2.45. The Bertz CT molecular complexity index is 938. The van der Waals surface area contributed by atoms with Gasteiger partial charge in [-0.3, -0.25) is 4.79 Å². The van der Waals surface area contributed by atoms with Crippen LogP contribution < -0.4 is 0 Å². The minimum atomic E-state index is -0.0401.